The highest BCUT2D eigenvalue weighted by Gasteiger charge is 2.30. The van der Waals surface area contributed by atoms with E-state index in [9.17, 15) is 4.79 Å². The van der Waals surface area contributed by atoms with Gasteiger partial charge in [-0.1, -0.05) is 13.8 Å². The highest BCUT2D eigenvalue weighted by Crippen LogP contribution is 2.13. The van der Waals surface area contributed by atoms with E-state index in [4.69, 9.17) is 4.74 Å². The summed E-state index contributed by atoms with van der Waals surface area (Å²) in [7, 11) is 0. The lowest BCUT2D eigenvalue weighted by atomic mass is 10.1. The molecule has 1 saturated heterocycles. The van der Waals surface area contributed by atoms with Gasteiger partial charge in [0.1, 0.15) is 0 Å². The molecule has 1 fully saturated rings. The molecule has 0 radical (unpaired) electrons. The van der Waals surface area contributed by atoms with Gasteiger partial charge in [0.2, 0.25) is 5.91 Å². The summed E-state index contributed by atoms with van der Waals surface area (Å²) in [5, 5.41) is 3.25. The molecule has 0 saturated carbocycles. The summed E-state index contributed by atoms with van der Waals surface area (Å²) in [6.07, 6.45) is 1.44. The van der Waals surface area contributed by atoms with Crippen molar-refractivity contribution in [1.82, 2.24) is 10.2 Å². The zero-order chi connectivity index (χ0) is 12.1. The highest BCUT2D eigenvalue weighted by molar-refractivity contribution is 5.80. The molecule has 1 aliphatic heterocycles. The van der Waals surface area contributed by atoms with Crippen LogP contribution in [0.25, 0.3) is 0 Å². The number of hydrogen-bond donors (Lipinski definition) is 1. The van der Waals surface area contributed by atoms with Crippen molar-refractivity contribution in [2.45, 2.75) is 46.4 Å². The van der Waals surface area contributed by atoms with Crippen LogP contribution in [0.4, 0.5) is 0 Å². The Kier molecular flexibility index (Phi) is 5.22. The smallest absolute Gasteiger partial charge is 0.237 e. The Labute approximate surface area is 98.3 Å². The summed E-state index contributed by atoms with van der Waals surface area (Å²) in [5.74, 6) is 0.787. The van der Waals surface area contributed by atoms with Gasteiger partial charge in [0.25, 0.3) is 0 Å². The van der Waals surface area contributed by atoms with Crippen molar-refractivity contribution in [3.8, 4) is 0 Å². The molecule has 1 aliphatic rings. The van der Waals surface area contributed by atoms with E-state index in [0.717, 1.165) is 6.42 Å². The van der Waals surface area contributed by atoms with Gasteiger partial charge in [-0.2, -0.15) is 0 Å². The van der Waals surface area contributed by atoms with Gasteiger partial charge in [0.15, 0.2) is 0 Å². The van der Waals surface area contributed by atoms with Gasteiger partial charge in [-0.25, -0.2) is 0 Å². The molecule has 16 heavy (non-hydrogen) atoms. The largest absolute Gasteiger partial charge is 0.377 e. The number of rotatable bonds is 6. The summed E-state index contributed by atoms with van der Waals surface area (Å²) in [5.41, 5.74) is 0. The minimum Gasteiger partial charge on any atom is -0.377 e. The molecule has 1 atom stereocenters. The summed E-state index contributed by atoms with van der Waals surface area (Å²) < 4.78 is 5.48. The van der Waals surface area contributed by atoms with Crippen LogP contribution in [0.3, 0.4) is 0 Å². The van der Waals surface area contributed by atoms with Crippen LogP contribution < -0.4 is 5.32 Å². The minimum absolute atomic E-state index is 0.193. The second kappa shape index (κ2) is 6.21. The van der Waals surface area contributed by atoms with Crippen molar-refractivity contribution in [2.75, 3.05) is 19.7 Å². The fourth-order valence-electron chi connectivity index (χ4n) is 1.92. The molecular formula is C12H24N2O2. The lowest BCUT2D eigenvalue weighted by Gasteiger charge is -2.26. The molecule has 1 amide bonds. The van der Waals surface area contributed by atoms with Gasteiger partial charge < -0.3 is 9.64 Å². The molecule has 1 heterocycles. The molecule has 0 aliphatic carbocycles. The van der Waals surface area contributed by atoms with Crippen LogP contribution >= 0.6 is 0 Å². The number of ether oxygens (including phenoxy) is 1. The Balaban J connectivity index is 2.37. The van der Waals surface area contributed by atoms with Gasteiger partial charge in [0, 0.05) is 6.54 Å². The molecule has 1 rings (SSSR count). The third kappa shape index (κ3) is 4.10. The second-order valence-corrected chi connectivity index (χ2v) is 5.03. The standard InChI is InChI=1S/C12H24N2O2/c1-9(2)7-11-13-8-12(15)14(11)5-6-16-10(3)4/h9-11,13H,5-8H2,1-4H3. The maximum absolute atomic E-state index is 11.6. The highest BCUT2D eigenvalue weighted by atomic mass is 16.5. The van der Waals surface area contributed by atoms with Crippen molar-refractivity contribution < 1.29 is 9.53 Å². The van der Waals surface area contributed by atoms with Gasteiger partial charge in [-0.15, -0.1) is 0 Å². The van der Waals surface area contributed by atoms with Crippen molar-refractivity contribution >= 4 is 5.91 Å². The van der Waals surface area contributed by atoms with Crippen molar-refractivity contribution in [1.29, 1.82) is 0 Å². The Morgan fingerprint density at radius 1 is 1.44 bits per heavy atom. The molecule has 0 aromatic rings. The summed E-state index contributed by atoms with van der Waals surface area (Å²) in [4.78, 5) is 13.6. The van der Waals surface area contributed by atoms with E-state index in [1.807, 2.05) is 18.7 Å². The molecule has 0 aromatic carbocycles. The summed E-state index contributed by atoms with van der Waals surface area (Å²) >= 11 is 0. The zero-order valence-electron chi connectivity index (χ0n) is 10.8. The number of nitrogens with zero attached hydrogens (tertiary/aromatic N) is 1. The first-order chi connectivity index (χ1) is 7.50. The fourth-order valence-corrected chi connectivity index (χ4v) is 1.92. The van der Waals surface area contributed by atoms with E-state index in [0.29, 0.717) is 25.6 Å². The molecule has 0 aromatic heterocycles. The van der Waals surface area contributed by atoms with Crippen LogP contribution in [0.1, 0.15) is 34.1 Å². The number of carbonyl (C=O) groups is 1. The maximum Gasteiger partial charge on any atom is 0.237 e. The van der Waals surface area contributed by atoms with Gasteiger partial charge in [0.05, 0.1) is 25.4 Å². The third-order valence-electron chi connectivity index (χ3n) is 2.66. The first-order valence-electron chi connectivity index (χ1n) is 6.15. The van der Waals surface area contributed by atoms with Crippen LogP contribution in [0, 0.1) is 5.92 Å². The summed E-state index contributed by atoms with van der Waals surface area (Å²) in [6, 6.07) is 0. The first kappa shape index (κ1) is 13.5. The normalized spacial score (nSPS) is 21.5. The van der Waals surface area contributed by atoms with Crippen LogP contribution in [0.5, 0.6) is 0 Å². The molecule has 0 spiro atoms. The SMILES string of the molecule is CC(C)CC1NCC(=O)N1CCOC(C)C. The molecular weight excluding hydrogens is 204 g/mol. The minimum atomic E-state index is 0.193. The summed E-state index contributed by atoms with van der Waals surface area (Å²) in [6.45, 7) is 10.2. The monoisotopic (exact) mass is 228 g/mol. The molecule has 1 N–H and O–H groups in total. The van der Waals surface area contributed by atoms with E-state index in [1.54, 1.807) is 0 Å². The van der Waals surface area contributed by atoms with Crippen LogP contribution in [0.2, 0.25) is 0 Å². The van der Waals surface area contributed by atoms with E-state index >= 15 is 0 Å². The van der Waals surface area contributed by atoms with Crippen LogP contribution in [0.15, 0.2) is 0 Å². The quantitative estimate of drug-likeness (QED) is 0.743. The van der Waals surface area contributed by atoms with Crippen molar-refractivity contribution in [3.63, 3.8) is 0 Å². The average Bonchev–Trinajstić information content (AvgIpc) is 2.48. The zero-order valence-corrected chi connectivity index (χ0v) is 10.8. The molecule has 4 heteroatoms. The Morgan fingerprint density at radius 3 is 2.69 bits per heavy atom. The fraction of sp³-hybridized carbons (Fsp3) is 0.917. The Bertz CT molecular complexity index is 229. The van der Waals surface area contributed by atoms with Gasteiger partial charge in [-0.3, -0.25) is 10.1 Å². The lowest BCUT2D eigenvalue weighted by molar-refractivity contribution is -0.129. The van der Waals surface area contributed by atoms with Crippen molar-refractivity contribution in [3.05, 3.63) is 0 Å². The Morgan fingerprint density at radius 2 is 2.12 bits per heavy atom. The molecule has 1 unspecified atom stereocenters. The van der Waals surface area contributed by atoms with Gasteiger partial charge >= 0.3 is 0 Å². The molecule has 0 bridgehead atoms. The van der Waals surface area contributed by atoms with E-state index in [1.165, 1.54) is 0 Å². The number of nitrogens with one attached hydrogen (secondary N) is 1. The second-order valence-electron chi connectivity index (χ2n) is 5.03. The predicted octanol–water partition coefficient (Wildman–Crippen LogP) is 1.22. The Hall–Kier alpha value is -0.610. The topological polar surface area (TPSA) is 41.6 Å². The number of hydrogen-bond acceptors (Lipinski definition) is 3. The van der Waals surface area contributed by atoms with E-state index in [-0.39, 0.29) is 18.2 Å². The number of amides is 1. The van der Waals surface area contributed by atoms with Crippen LogP contribution in [-0.2, 0) is 9.53 Å². The van der Waals surface area contributed by atoms with Crippen LogP contribution in [-0.4, -0.2) is 42.8 Å². The molecule has 94 valence electrons. The van der Waals surface area contributed by atoms with Gasteiger partial charge in [-0.05, 0) is 26.2 Å². The molecule has 4 nitrogen and oxygen atoms in total. The lowest BCUT2D eigenvalue weighted by Crippen LogP contribution is -2.40. The third-order valence-corrected chi connectivity index (χ3v) is 2.66. The average molecular weight is 228 g/mol. The first-order valence-corrected chi connectivity index (χ1v) is 6.15. The van der Waals surface area contributed by atoms with E-state index in [2.05, 4.69) is 19.2 Å². The predicted molar refractivity (Wildman–Crippen MR) is 64.0 cm³/mol. The maximum atomic E-state index is 11.6. The number of carbonyl (C=O) groups excluding carboxylic acids is 1. The van der Waals surface area contributed by atoms with E-state index < -0.39 is 0 Å². The van der Waals surface area contributed by atoms with Crippen molar-refractivity contribution in [2.24, 2.45) is 5.92 Å².